The van der Waals surface area contributed by atoms with E-state index in [0.29, 0.717) is 0 Å². The number of hydrogen-bond acceptors (Lipinski definition) is 0. The molecule has 140 valence electrons. The molecule has 0 N–H and O–H groups in total. The first-order valence-corrected chi connectivity index (χ1v) is 12.9. The third-order valence-electron chi connectivity index (χ3n) is 6.68. The van der Waals surface area contributed by atoms with Crippen LogP contribution in [-0.2, 0) is 5.41 Å². The van der Waals surface area contributed by atoms with Crippen molar-refractivity contribution in [1.29, 1.82) is 0 Å². The Hall–Kier alpha value is -0.0600. The largest absolute Gasteiger partial charge is 0.304 e. The van der Waals surface area contributed by atoms with Gasteiger partial charge in [0, 0.05) is 11.3 Å². The van der Waals surface area contributed by atoms with Gasteiger partial charge in [-0.1, -0.05) is 58.6 Å². The van der Waals surface area contributed by atoms with E-state index in [2.05, 4.69) is 50.7 Å². The van der Waals surface area contributed by atoms with E-state index in [1.807, 2.05) is 0 Å². The standard InChI is InChI=1S/C23H36ClP/c1-23(2,3)19-11-10-16-22(17-19)25(18-24,20-12-6-4-7-13-20)21-14-8-5-9-15-21/h10-11,16-18,20-21H,4-9,12-15H2,1-3H3. The summed E-state index contributed by atoms with van der Waals surface area (Å²) < 4.78 is 0. The molecule has 0 spiro atoms. The van der Waals surface area contributed by atoms with Crippen LogP contribution in [0, 0.1) is 5.62 Å². The van der Waals surface area contributed by atoms with Crippen LogP contribution in [0.3, 0.4) is 0 Å². The minimum Gasteiger partial charge on any atom is -0.304 e. The Morgan fingerprint density at radius 3 is 1.84 bits per heavy atom. The summed E-state index contributed by atoms with van der Waals surface area (Å²) in [4.78, 5) is 0. The fourth-order valence-electron chi connectivity index (χ4n) is 5.17. The zero-order valence-corrected chi connectivity index (χ0v) is 18.1. The quantitative estimate of drug-likeness (QED) is 0.372. The van der Waals surface area contributed by atoms with Gasteiger partial charge >= 0.3 is 0 Å². The summed E-state index contributed by atoms with van der Waals surface area (Å²) in [7, 11) is -1.44. The molecule has 0 aliphatic heterocycles. The SMILES string of the molecule is CC(C)(C)c1cccc([P+]([CH-]Cl)(C2CCCCC2)C2CCCCC2)c1. The maximum Gasteiger partial charge on any atom is 0.0667 e. The summed E-state index contributed by atoms with van der Waals surface area (Å²) >= 11 is 6.82. The molecule has 0 unspecified atom stereocenters. The first kappa shape index (κ1) is 19.7. The molecule has 1 aromatic carbocycles. The van der Waals surface area contributed by atoms with Crippen LogP contribution in [0.1, 0.15) is 90.5 Å². The lowest BCUT2D eigenvalue weighted by atomic mass is 9.87. The fourth-order valence-corrected chi connectivity index (χ4v) is 11.5. The van der Waals surface area contributed by atoms with Crippen molar-refractivity contribution in [3.8, 4) is 0 Å². The molecule has 0 atom stereocenters. The van der Waals surface area contributed by atoms with Crippen LogP contribution in [0.4, 0.5) is 0 Å². The summed E-state index contributed by atoms with van der Waals surface area (Å²) in [5.41, 5.74) is 5.56. The highest BCUT2D eigenvalue weighted by atomic mass is 35.5. The van der Waals surface area contributed by atoms with Crippen LogP contribution in [0.25, 0.3) is 0 Å². The average Bonchev–Trinajstić information content (AvgIpc) is 2.64. The number of halogens is 1. The van der Waals surface area contributed by atoms with Gasteiger partial charge < -0.3 is 11.6 Å². The highest BCUT2D eigenvalue weighted by Crippen LogP contribution is 2.74. The predicted molar refractivity (Wildman–Crippen MR) is 116 cm³/mol. The van der Waals surface area contributed by atoms with Gasteiger partial charge in [-0.25, -0.2) is 0 Å². The molecule has 2 heteroatoms. The molecule has 0 bridgehead atoms. The van der Waals surface area contributed by atoms with Crippen molar-refractivity contribution in [2.45, 2.75) is 102 Å². The minimum absolute atomic E-state index is 0.205. The van der Waals surface area contributed by atoms with Crippen LogP contribution < -0.4 is 5.30 Å². The van der Waals surface area contributed by atoms with E-state index in [-0.39, 0.29) is 5.41 Å². The predicted octanol–water partition coefficient (Wildman–Crippen LogP) is 7.65. The maximum absolute atomic E-state index is 6.82. The summed E-state index contributed by atoms with van der Waals surface area (Å²) in [6.45, 7) is 6.99. The zero-order valence-electron chi connectivity index (χ0n) is 16.4. The van der Waals surface area contributed by atoms with Gasteiger partial charge in [-0.05, 0) is 74.5 Å². The van der Waals surface area contributed by atoms with Crippen LogP contribution in [-0.4, -0.2) is 11.3 Å². The Labute approximate surface area is 161 Å². The van der Waals surface area contributed by atoms with E-state index < -0.39 is 7.26 Å². The molecular formula is C23H36ClP. The molecular weight excluding hydrogens is 343 g/mol. The number of benzene rings is 1. The molecule has 0 aromatic heterocycles. The maximum atomic E-state index is 6.82. The van der Waals surface area contributed by atoms with Gasteiger partial charge in [0.05, 0.1) is 5.30 Å². The summed E-state index contributed by atoms with van der Waals surface area (Å²) in [5.74, 6) is 0. The van der Waals surface area contributed by atoms with E-state index in [0.717, 1.165) is 11.3 Å². The smallest absolute Gasteiger partial charge is 0.0667 e. The van der Waals surface area contributed by atoms with Crippen molar-refractivity contribution in [3.63, 3.8) is 0 Å². The fraction of sp³-hybridized carbons (Fsp3) is 0.696. The van der Waals surface area contributed by atoms with Crippen LogP contribution in [0.5, 0.6) is 0 Å². The lowest BCUT2D eigenvalue weighted by Crippen LogP contribution is -2.34. The number of rotatable bonds is 4. The summed E-state index contributed by atoms with van der Waals surface area (Å²) in [6, 6.07) is 9.58. The van der Waals surface area contributed by atoms with Crippen molar-refractivity contribution >= 4 is 24.2 Å². The second-order valence-corrected chi connectivity index (χ2v) is 13.7. The highest BCUT2D eigenvalue weighted by molar-refractivity contribution is 7.87. The molecule has 2 aliphatic rings. The normalized spacial score (nSPS) is 21.4. The Kier molecular flexibility index (Phi) is 6.55. The van der Waals surface area contributed by atoms with E-state index in [4.69, 9.17) is 11.6 Å². The Morgan fingerprint density at radius 1 is 0.880 bits per heavy atom. The van der Waals surface area contributed by atoms with Gasteiger partial charge in [0.2, 0.25) is 0 Å². The molecule has 25 heavy (non-hydrogen) atoms. The molecule has 0 saturated heterocycles. The summed E-state index contributed by atoms with van der Waals surface area (Å²) in [6.07, 6.45) is 14.1. The topological polar surface area (TPSA) is 0 Å². The molecule has 0 radical (unpaired) electrons. The lowest BCUT2D eigenvalue weighted by Gasteiger charge is -2.48. The average molecular weight is 379 g/mol. The molecule has 2 saturated carbocycles. The zero-order chi connectivity index (χ0) is 17.9. The third-order valence-corrected chi connectivity index (χ3v) is 12.6. The summed E-state index contributed by atoms with van der Waals surface area (Å²) in [5, 5.41) is 1.61. The molecule has 3 rings (SSSR count). The van der Waals surface area contributed by atoms with Gasteiger partial charge in [0.1, 0.15) is 0 Å². The van der Waals surface area contributed by atoms with Crippen molar-refractivity contribution in [1.82, 2.24) is 0 Å². The second kappa shape index (κ2) is 8.31. The van der Waals surface area contributed by atoms with E-state index >= 15 is 0 Å². The van der Waals surface area contributed by atoms with Gasteiger partial charge in [-0.15, -0.1) is 0 Å². The molecule has 1 aromatic rings. The molecule has 0 amide bonds. The van der Waals surface area contributed by atoms with Crippen molar-refractivity contribution in [2.75, 3.05) is 0 Å². The molecule has 2 fully saturated rings. The minimum atomic E-state index is -1.44. The third kappa shape index (κ3) is 4.11. The van der Waals surface area contributed by atoms with Gasteiger partial charge in [0.25, 0.3) is 0 Å². The molecule has 0 heterocycles. The molecule has 0 nitrogen and oxygen atoms in total. The van der Waals surface area contributed by atoms with Gasteiger partial charge in [0.15, 0.2) is 0 Å². The van der Waals surface area contributed by atoms with Crippen LogP contribution >= 0.6 is 18.9 Å². The Balaban J connectivity index is 2.06. The van der Waals surface area contributed by atoms with E-state index in [9.17, 15) is 0 Å². The van der Waals surface area contributed by atoms with Gasteiger partial charge in [-0.3, -0.25) is 0 Å². The lowest BCUT2D eigenvalue weighted by molar-refractivity contribution is 0.483. The molecule has 2 aliphatic carbocycles. The first-order chi connectivity index (χ1) is 12.0. The van der Waals surface area contributed by atoms with Crippen molar-refractivity contribution in [3.05, 3.63) is 35.5 Å². The number of hydrogen-bond donors (Lipinski definition) is 0. The van der Waals surface area contributed by atoms with E-state index in [1.54, 1.807) is 5.30 Å². The van der Waals surface area contributed by atoms with Crippen molar-refractivity contribution < 1.29 is 0 Å². The van der Waals surface area contributed by atoms with Crippen molar-refractivity contribution in [2.24, 2.45) is 0 Å². The second-order valence-electron chi connectivity index (χ2n) is 9.32. The van der Waals surface area contributed by atoms with E-state index in [1.165, 1.54) is 69.8 Å². The van der Waals surface area contributed by atoms with Crippen LogP contribution in [0.2, 0.25) is 0 Å². The first-order valence-electron chi connectivity index (χ1n) is 10.4. The monoisotopic (exact) mass is 378 g/mol. The van der Waals surface area contributed by atoms with Crippen LogP contribution in [0.15, 0.2) is 24.3 Å². The Bertz CT molecular complexity index is 529. The highest BCUT2D eigenvalue weighted by Gasteiger charge is 2.47. The van der Waals surface area contributed by atoms with Gasteiger partial charge in [-0.2, -0.15) is 0 Å². The Morgan fingerprint density at radius 2 is 1.40 bits per heavy atom.